The fourth-order valence-corrected chi connectivity index (χ4v) is 3.92. The smallest absolute Gasteiger partial charge is 0.270 e. The van der Waals surface area contributed by atoms with Crippen molar-refractivity contribution in [3.05, 3.63) is 81.4 Å². The van der Waals surface area contributed by atoms with Crippen LogP contribution in [0.15, 0.2) is 52.9 Å². The lowest BCUT2D eigenvalue weighted by molar-refractivity contribution is -0.384. The van der Waals surface area contributed by atoms with Crippen LogP contribution in [0.5, 0.6) is 5.75 Å². The van der Waals surface area contributed by atoms with Gasteiger partial charge < -0.3 is 19.0 Å². The van der Waals surface area contributed by atoms with Crippen LogP contribution in [0.4, 0.5) is 11.6 Å². The quantitative estimate of drug-likeness (QED) is 0.233. The van der Waals surface area contributed by atoms with Crippen molar-refractivity contribution < 1.29 is 18.9 Å². The van der Waals surface area contributed by atoms with E-state index in [0.717, 1.165) is 18.6 Å². The Kier molecular flexibility index (Phi) is 8.15. The molecule has 1 amide bonds. The molecule has 2 aromatic carbocycles. The topological polar surface area (TPSA) is 126 Å². The predicted molar refractivity (Wildman–Crippen MR) is 138 cm³/mol. The van der Waals surface area contributed by atoms with Crippen LogP contribution in [-0.2, 0) is 0 Å². The number of benzene rings is 2. The Morgan fingerprint density at radius 2 is 1.95 bits per heavy atom. The highest BCUT2D eigenvalue weighted by Gasteiger charge is 2.26. The molecule has 0 bridgehead atoms. The van der Waals surface area contributed by atoms with E-state index < -0.39 is 4.92 Å². The van der Waals surface area contributed by atoms with Crippen molar-refractivity contribution in [2.24, 2.45) is 0 Å². The molecule has 0 atom stereocenters. The van der Waals surface area contributed by atoms with Crippen molar-refractivity contribution in [2.45, 2.75) is 19.8 Å². The summed E-state index contributed by atoms with van der Waals surface area (Å²) in [6.07, 6.45) is 5.25. The molecule has 0 saturated carbocycles. The van der Waals surface area contributed by atoms with Crippen LogP contribution in [-0.4, -0.2) is 53.5 Å². The zero-order valence-corrected chi connectivity index (χ0v) is 20.5. The summed E-state index contributed by atoms with van der Waals surface area (Å²) in [6, 6.07) is 15.4. The number of carbonyl (C=O) groups excluding carboxylic acids is 1. The van der Waals surface area contributed by atoms with Gasteiger partial charge in [0, 0.05) is 50.0 Å². The van der Waals surface area contributed by atoms with Crippen LogP contribution in [0.1, 0.15) is 47.3 Å². The minimum absolute atomic E-state index is 0.0170. The van der Waals surface area contributed by atoms with E-state index in [4.69, 9.17) is 9.15 Å². The SMILES string of the molecule is CCCCOc1ccc(C(=O)N2CCN(c3oc(/C=C/c4cccc([N+](=O)[O-])c4)nc3C#N)CC2)cc1. The molecule has 3 aromatic rings. The maximum absolute atomic E-state index is 13.0. The minimum atomic E-state index is -0.461. The number of unbranched alkanes of at least 4 members (excludes halogenated alkanes) is 1. The first-order chi connectivity index (χ1) is 18.0. The highest BCUT2D eigenvalue weighted by atomic mass is 16.6. The number of carbonyl (C=O) groups is 1. The highest BCUT2D eigenvalue weighted by Crippen LogP contribution is 2.25. The average Bonchev–Trinajstić information content (AvgIpc) is 3.36. The molecule has 10 nitrogen and oxygen atoms in total. The molecular weight excluding hydrogens is 474 g/mol. The van der Waals surface area contributed by atoms with Gasteiger partial charge in [-0.15, -0.1) is 0 Å². The molecule has 190 valence electrons. The van der Waals surface area contributed by atoms with Gasteiger partial charge in [-0.2, -0.15) is 10.2 Å². The third kappa shape index (κ3) is 6.32. The van der Waals surface area contributed by atoms with E-state index in [2.05, 4.69) is 18.0 Å². The van der Waals surface area contributed by atoms with Gasteiger partial charge >= 0.3 is 0 Å². The fraction of sp³-hybridized carbons (Fsp3) is 0.296. The van der Waals surface area contributed by atoms with Crippen molar-refractivity contribution in [3.8, 4) is 11.8 Å². The number of hydrogen-bond acceptors (Lipinski definition) is 8. The number of hydrogen-bond donors (Lipinski definition) is 0. The molecular formula is C27H27N5O5. The van der Waals surface area contributed by atoms with Gasteiger partial charge in [-0.25, -0.2) is 0 Å². The van der Waals surface area contributed by atoms with Crippen LogP contribution < -0.4 is 9.64 Å². The average molecular weight is 502 g/mol. The lowest BCUT2D eigenvalue weighted by Gasteiger charge is -2.34. The molecule has 10 heteroatoms. The lowest BCUT2D eigenvalue weighted by Crippen LogP contribution is -2.48. The number of nitro groups is 1. The summed E-state index contributed by atoms with van der Waals surface area (Å²) < 4.78 is 11.5. The molecule has 0 spiro atoms. The Morgan fingerprint density at radius 3 is 2.62 bits per heavy atom. The largest absolute Gasteiger partial charge is 0.494 e. The molecule has 0 unspecified atom stereocenters. The van der Waals surface area contributed by atoms with Crippen LogP contribution in [0, 0.1) is 21.4 Å². The lowest BCUT2D eigenvalue weighted by atomic mass is 10.1. The second-order valence-electron chi connectivity index (χ2n) is 8.51. The fourth-order valence-electron chi connectivity index (χ4n) is 3.92. The molecule has 4 rings (SSSR count). The van der Waals surface area contributed by atoms with Crippen LogP contribution in [0.25, 0.3) is 12.2 Å². The Morgan fingerprint density at radius 1 is 1.19 bits per heavy atom. The van der Waals surface area contributed by atoms with Gasteiger partial charge in [0.2, 0.25) is 17.5 Å². The third-order valence-electron chi connectivity index (χ3n) is 5.95. The summed E-state index contributed by atoms with van der Waals surface area (Å²) in [7, 11) is 0. The van der Waals surface area contributed by atoms with E-state index in [0.29, 0.717) is 49.8 Å². The molecule has 37 heavy (non-hydrogen) atoms. The molecule has 0 N–H and O–H groups in total. The molecule has 0 radical (unpaired) electrons. The number of anilines is 1. The van der Waals surface area contributed by atoms with Crippen molar-refractivity contribution in [1.82, 2.24) is 9.88 Å². The summed E-state index contributed by atoms with van der Waals surface area (Å²) in [4.78, 5) is 31.4. The molecule has 1 fully saturated rings. The summed E-state index contributed by atoms with van der Waals surface area (Å²) in [5.41, 5.74) is 1.34. The van der Waals surface area contributed by atoms with E-state index in [-0.39, 0.29) is 23.2 Å². The number of amides is 1. The first-order valence-corrected chi connectivity index (χ1v) is 12.1. The number of nitriles is 1. The Labute approximate surface area is 214 Å². The molecule has 2 heterocycles. The summed E-state index contributed by atoms with van der Waals surface area (Å²) >= 11 is 0. The van der Waals surface area contributed by atoms with E-state index >= 15 is 0 Å². The van der Waals surface area contributed by atoms with Gasteiger partial charge in [0.05, 0.1) is 11.5 Å². The molecule has 0 aliphatic carbocycles. The monoisotopic (exact) mass is 501 g/mol. The normalized spacial score (nSPS) is 13.5. The highest BCUT2D eigenvalue weighted by molar-refractivity contribution is 5.94. The van der Waals surface area contributed by atoms with Gasteiger partial charge in [-0.1, -0.05) is 25.5 Å². The number of nitro benzene ring substituents is 1. The number of piperazine rings is 1. The van der Waals surface area contributed by atoms with Crippen molar-refractivity contribution in [2.75, 3.05) is 37.7 Å². The minimum Gasteiger partial charge on any atom is -0.494 e. The van der Waals surface area contributed by atoms with Crippen molar-refractivity contribution in [3.63, 3.8) is 0 Å². The predicted octanol–water partition coefficient (Wildman–Crippen LogP) is 4.77. The van der Waals surface area contributed by atoms with Gasteiger partial charge in [0.25, 0.3) is 11.6 Å². The number of oxazole rings is 1. The van der Waals surface area contributed by atoms with Gasteiger partial charge in [0.15, 0.2) is 0 Å². The van der Waals surface area contributed by atoms with E-state index in [1.165, 1.54) is 12.1 Å². The maximum Gasteiger partial charge on any atom is 0.270 e. The Hall–Kier alpha value is -4.65. The Bertz CT molecular complexity index is 1320. The molecule has 1 aliphatic rings. The maximum atomic E-state index is 13.0. The number of non-ortho nitro benzene ring substituents is 1. The van der Waals surface area contributed by atoms with Gasteiger partial charge in [-0.3, -0.25) is 14.9 Å². The molecule has 1 aliphatic heterocycles. The third-order valence-corrected chi connectivity index (χ3v) is 5.95. The first kappa shape index (κ1) is 25.4. The first-order valence-electron chi connectivity index (χ1n) is 12.1. The number of aromatic nitrogens is 1. The van der Waals surface area contributed by atoms with Crippen molar-refractivity contribution in [1.29, 1.82) is 5.26 Å². The van der Waals surface area contributed by atoms with Gasteiger partial charge in [0.1, 0.15) is 11.8 Å². The van der Waals surface area contributed by atoms with Crippen LogP contribution in [0.2, 0.25) is 0 Å². The summed E-state index contributed by atoms with van der Waals surface area (Å²) in [6.45, 7) is 4.68. The van der Waals surface area contributed by atoms with Crippen molar-refractivity contribution >= 4 is 29.6 Å². The van der Waals surface area contributed by atoms with Crippen LogP contribution in [0.3, 0.4) is 0 Å². The zero-order chi connectivity index (χ0) is 26.2. The van der Waals surface area contributed by atoms with E-state index in [1.54, 1.807) is 41.3 Å². The number of rotatable bonds is 9. The molecule has 1 aromatic heterocycles. The van der Waals surface area contributed by atoms with Crippen LogP contribution >= 0.6 is 0 Å². The zero-order valence-electron chi connectivity index (χ0n) is 20.5. The number of nitrogens with zero attached hydrogens (tertiary/aromatic N) is 5. The second kappa shape index (κ2) is 11.9. The Balaban J connectivity index is 1.37. The molecule has 1 saturated heterocycles. The van der Waals surface area contributed by atoms with Gasteiger partial charge in [-0.05, 0) is 42.3 Å². The second-order valence-corrected chi connectivity index (χ2v) is 8.51. The summed E-state index contributed by atoms with van der Waals surface area (Å²) in [5, 5.41) is 20.5. The van der Waals surface area contributed by atoms with E-state index in [9.17, 15) is 20.2 Å². The standard InChI is InChI=1S/C27H27N5O5/c1-2-3-17-36-23-10-8-21(9-11-23)26(33)30-13-15-31(16-14-30)27-24(19-28)29-25(37-27)12-7-20-5-4-6-22(18-20)32(34)35/h4-12,18H,2-3,13-17H2,1H3/b12-7+. The summed E-state index contributed by atoms with van der Waals surface area (Å²) in [5.74, 6) is 1.26. The number of ether oxygens (including phenoxy) is 1. The van der Waals surface area contributed by atoms with E-state index in [1.807, 2.05) is 17.0 Å².